The lowest BCUT2D eigenvalue weighted by Crippen LogP contribution is -2.57. The van der Waals surface area contributed by atoms with Gasteiger partial charge in [0.15, 0.2) is 0 Å². The minimum absolute atomic E-state index is 0.337. The summed E-state index contributed by atoms with van der Waals surface area (Å²) in [5.74, 6) is -1.31. The summed E-state index contributed by atoms with van der Waals surface area (Å²) in [6.07, 6.45) is 0. The summed E-state index contributed by atoms with van der Waals surface area (Å²) in [6, 6.07) is 5.02. The first-order chi connectivity index (χ1) is 8.99. The number of halogens is 2. The average molecular weight is 410 g/mol. The molecule has 110 valence electrons. The first kappa shape index (κ1) is 17.2. The average Bonchev–Trinajstić information content (AvgIpc) is 2.31. The van der Waals surface area contributed by atoms with E-state index in [1.54, 1.807) is 45.9 Å². The van der Waals surface area contributed by atoms with Gasteiger partial charge < -0.3 is 10.4 Å². The van der Waals surface area contributed by atoms with E-state index in [1.165, 1.54) is 0 Å². The van der Waals surface area contributed by atoms with Crippen LogP contribution < -0.4 is 5.32 Å². The van der Waals surface area contributed by atoms with Crippen molar-refractivity contribution in [3.63, 3.8) is 0 Å². The third-order valence-corrected chi connectivity index (χ3v) is 4.87. The Balaban J connectivity index is 3.06. The highest BCUT2D eigenvalue weighted by atomic mass is 127. The van der Waals surface area contributed by atoms with E-state index < -0.39 is 16.9 Å². The Kier molecular flexibility index (Phi) is 5.08. The minimum Gasteiger partial charge on any atom is -0.481 e. The number of carbonyl (C=O) groups excluding carboxylic acids is 1. The van der Waals surface area contributed by atoms with Crippen LogP contribution in [0.4, 0.5) is 0 Å². The van der Waals surface area contributed by atoms with Crippen LogP contribution in [0, 0.1) is 8.99 Å². The molecule has 0 heterocycles. The number of aliphatic carboxylic acids is 1. The zero-order valence-electron chi connectivity index (χ0n) is 11.8. The van der Waals surface area contributed by atoms with Crippen molar-refractivity contribution in [3.05, 3.63) is 32.4 Å². The first-order valence-corrected chi connectivity index (χ1v) is 7.45. The summed E-state index contributed by atoms with van der Waals surface area (Å²) < 4.78 is 0.758. The molecular weight excluding hydrogens is 393 g/mol. The van der Waals surface area contributed by atoms with E-state index in [0.717, 1.165) is 3.57 Å². The van der Waals surface area contributed by atoms with E-state index in [0.29, 0.717) is 10.6 Å². The van der Waals surface area contributed by atoms with Crippen LogP contribution in [0.2, 0.25) is 5.02 Å². The Morgan fingerprint density at radius 1 is 1.25 bits per heavy atom. The molecule has 0 fully saturated rings. The number of rotatable bonds is 4. The second kappa shape index (κ2) is 5.89. The van der Waals surface area contributed by atoms with Crippen molar-refractivity contribution in [2.75, 3.05) is 0 Å². The van der Waals surface area contributed by atoms with Gasteiger partial charge in [-0.25, -0.2) is 0 Å². The molecule has 1 amide bonds. The van der Waals surface area contributed by atoms with Crippen LogP contribution in [0.1, 0.15) is 38.1 Å². The molecule has 4 nitrogen and oxygen atoms in total. The lowest BCUT2D eigenvalue weighted by atomic mass is 9.74. The predicted molar refractivity (Wildman–Crippen MR) is 87.1 cm³/mol. The summed E-state index contributed by atoms with van der Waals surface area (Å²) in [5, 5.41) is 12.5. The summed E-state index contributed by atoms with van der Waals surface area (Å²) in [5.41, 5.74) is -1.58. The van der Waals surface area contributed by atoms with Gasteiger partial charge in [-0.15, -0.1) is 0 Å². The van der Waals surface area contributed by atoms with Gasteiger partial charge in [-0.3, -0.25) is 9.59 Å². The number of carbonyl (C=O) groups is 2. The molecule has 1 rings (SSSR count). The molecule has 0 bridgehead atoms. The fourth-order valence-electron chi connectivity index (χ4n) is 1.45. The van der Waals surface area contributed by atoms with Crippen LogP contribution in [0.5, 0.6) is 0 Å². The molecule has 0 saturated heterocycles. The quantitative estimate of drug-likeness (QED) is 0.747. The molecule has 0 aromatic heterocycles. The van der Waals surface area contributed by atoms with Gasteiger partial charge in [-0.2, -0.15) is 0 Å². The number of hydrogen-bond donors (Lipinski definition) is 2. The third-order valence-electron chi connectivity index (χ3n) is 3.70. The zero-order chi connectivity index (χ0) is 15.7. The first-order valence-electron chi connectivity index (χ1n) is 6.00. The van der Waals surface area contributed by atoms with Crippen LogP contribution in [-0.2, 0) is 4.79 Å². The van der Waals surface area contributed by atoms with E-state index in [1.807, 2.05) is 22.6 Å². The molecule has 0 saturated carbocycles. The van der Waals surface area contributed by atoms with Crippen molar-refractivity contribution in [1.29, 1.82) is 0 Å². The summed E-state index contributed by atoms with van der Waals surface area (Å²) in [6.45, 7) is 6.55. The van der Waals surface area contributed by atoms with E-state index >= 15 is 0 Å². The topological polar surface area (TPSA) is 66.4 Å². The monoisotopic (exact) mass is 409 g/mol. The Morgan fingerprint density at radius 2 is 1.80 bits per heavy atom. The fourth-order valence-corrected chi connectivity index (χ4v) is 2.20. The van der Waals surface area contributed by atoms with Crippen molar-refractivity contribution in [3.8, 4) is 0 Å². The van der Waals surface area contributed by atoms with Crippen LogP contribution in [0.25, 0.3) is 0 Å². The van der Waals surface area contributed by atoms with Gasteiger partial charge in [0.2, 0.25) is 0 Å². The molecule has 0 radical (unpaired) electrons. The summed E-state index contributed by atoms with van der Waals surface area (Å²) in [7, 11) is 0. The minimum atomic E-state index is -1.10. The van der Waals surface area contributed by atoms with Gasteiger partial charge in [0.1, 0.15) is 0 Å². The Bertz CT molecular complexity index is 555. The highest BCUT2D eigenvalue weighted by Gasteiger charge is 2.44. The SMILES string of the molecule is CC(C)(NC(=O)c1cc(Cl)ccc1I)C(C)(C)C(=O)O. The lowest BCUT2D eigenvalue weighted by molar-refractivity contribution is -0.150. The number of nitrogens with one attached hydrogen (secondary N) is 1. The molecule has 6 heteroatoms. The van der Waals surface area contributed by atoms with Crippen LogP contribution in [-0.4, -0.2) is 22.5 Å². The maximum absolute atomic E-state index is 12.3. The van der Waals surface area contributed by atoms with Gasteiger partial charge in [-0.05, 0) is 68.5 Å². The highest BCUT2D eigenvalue weighted by Crippen LogP contribution is 2.31. The Labute approximate surface area is 137 Å². The standard InChI is InChI=1S/C14H17ClINO3/c1-13(2,12(19)20)14(3,4)17-11(18)9-7-8(15)5-6-10(9)16/h5-7H,1-4H3,(H,17,18)(H,19,20). The number of amides is 1. The van der Waals surface area contributed by atoms with Crippen molar-refractivity contribution >= 4 is 46.1 Å². The fraction of sp³-hybridized carbons (Fsp3) is 0.429. The molecule has 0 spiro atoms. The molecule has 0 unspecified atom stereocenters. The largest absolute Gasteiger partial charge is 0.481 e. The maximum Gasteiger partial charge on any atom is 0.311 e. The van der Waals surface area contributed by atoms with Gasteiger partial charge in [0, 0.05) is 8.59 Å². The second-order valence-electron chi connectivity index (χ2n) is 5.63. The van der Waals surface area contributed by atoms with Crippen molar-refractivity contribution < 1.29 is 14.7 Å². The van der Waals surface area contributed by atoms with Crippen LogP contribution in [0.3, 0.4) is 0 Å². The number of carboxylic acids is 1. The van der Waals surface area contributed by atoms with Crippen LogP contribution >= 0.6 is 34.2 Å². The molecule has 0 aliphatic rings. The zero-order valence-corrected chi connectivity index (χ0v) is 14.7. The highest BCUT2D eigenvalue weighted by molar-refractivity contribution is 14.1. The van der Waals surface area contributed by atoms with E-state index in [4.69, 9.17) is 11.6 Å². The van der Waals surface area contributed by atoms with Gasteiger partial charge in [0.25, 0.3) is 5.91 Å². The maximum atomic E-state index is 12.3. The molecular formula is C14H17ClINO3. The van der Waals surface area contributed by atoms with Crippen molar-refractivity contribution in [2.24, 2.45) is 5.41 Å². The van der Waals surface area contributed by atoms with E-state index in [2.05, 4.69) is 5.32 Å². The van der Waals surface area contributed by atoms with Gasteiger partial charge in [0.05, 0.1) is 16.5 Å². The van der Waals surface area contributed by atoms with Gasteiger partial charge in [-0.1, -0.05) is 11.6 Å². The number of benzene rings is 1. The predicted octanol–water partition coefficient (Wildman–Crippen LogP) is 3.56. The van der Waals surface area contributed by atoms with E-state index in [9.17, 15) is 14.7 Å². The number of hydrogen-bond acceptors (Lipinski definition) is 2. The summed E-state index contributed by atoms with van der Waals surface area (Å²) in [4.78, 5) is 23.7. The molecule has 0 atom stereocenters. The lowest BCUT2D eigenvalue weighted by Gasteiger charge is -2.38. The molecule has 0 aliphatic carbocycles. The summed E-state index contributed by atoms with van der Waals surface area (Å²) >= 11 is 7.94. The second-order valence-corrected chi connectivity index (χ2v) is 7.23. The van der Waals surface area contributed by atoms with Crippen molar-refractivity contribution in [1.82, 2.24) is 5.32 Å². The molecule has 2 N–H and O–H groups in total. The Morgan fingerprint density at radius 3 is 2.30 bits per heavy atom. The van der Waals surface area contributed by atoms with Crippen molar-refractivity contribution in [2.45, 2.75) is 33.2 Å². The number of carboxylic acid groups (broad SMARTS) is 1. The van der Waals surface area contributed by atoms with Crippen LogP contribution in [0.15, 0.2) is 18.2 Å². The normalized spacial score (nSPS) is 12.1. The molecule has 0 aliphatic heterocycles. The third kappa shape index (κ3) is 3.44. The molecule has 1 aromatic rings. The molecule has 1 aromatic carbocycles. The smallest absolute Gasteiger partial charge is 0.311 e. The Hall–Kier alpha value is -0.820. The molecule has 20 heavy (non-hydrogen) atoms. The van der Waals surface area contributed by atoms with E-state index in [-0.39, 0.29) is 5.91 Å². The van der Waals surface area contributed by atoms with Gasteiger partial charge >= 0.3 is 5.97 Å².